The average Bonchev–Trinajstić information content (AvgIpc) is 2.78. The molecule has 1 aromatic heterocycles. The first-order chi connectivity index (χ1) is 14.6. The third-order valence-electron chi connectivity index (χ3n) is 4.74. The summed E-state index contributed by atoms with van der Waals surface area (Å²) in [6.45, 7) is 7.26. The Balaban J connectivity index is 1.74. The lowest BCUT2D eigenvalue weighted by molar-refractivity contribution is 0.296. The summed E-state index contributed by atoms with van der Waals surface area (Å²) in [5.41, 5.74) is 5.38. The molecule has 2 aromatic carbocycles. The first kappa shape index (κ1) is 21.0. The maximum absolute atomic E-state index is 12.3. The van der Waals surface area contributed by atoms with Crippen LogP contribution in [-0.2, 0) is 6.54 Å². The van der Waals surface area contributed by atoms with Crippen molar-refractivity contribution in [1.82, 2.24) is 14.9 Å². The molecule has 3 aromatic rings. The Morgan fingerprint density at radius 1 is 1.13 bits per heavy atom. The van der Waals surface area contributed by atoms with Gasteiger partial charge < -0.3 is 0 Å². The summed E-state index contributed by atoms with van der Waals surface area (Å²) in [6.07, 6.45) is 1.65. The van der Waals surface area contributed by atoms with Gasteiger partial charge in [-0.25, -0.2) is 10.4 Å². The van der Waals surface area contributed by atoms with E-state index in [4.69, 9.17) is 0 Å². The lowest BCUT2D eigenvalue weighted by Gasteiger charge is -2.17. The number of rotatable bonds is 8. The Bertz CT molecular complexity index is 1090. The van der Waals surface area contributed by atoms with Gasteiger partial charge in [-0.2, -0.15) is 10.4 Å². The smallest absolute Gasteiger partial charge is 0.270 e. The van der Waals surface area contributed by atoms with Crippen LogP contribution in [0.1, 0.15) is 30.5 Å². The fraction of sp³-hybridized carbons (Fsp3) is 0.217. The van der Waals surface area contributed by atoms with Gasteiger partial charge in [-0.3, -0.25) is 14.7 Å². The molecule has 0 unspecified atom stereocenters. The van der Waals surface area contributed by atoms with E-state index in [1.807, 2.05) is 36.4 Å². The summed E-state index contributed by atoms with van der Waals surface area (Å²) in [6, 6.07) is 19.2. The fourth-order valence-electron chi connectivity index (χ4n) is 3.02. The summed E-state index contributed by atoms with van der Waals surface area (Å²) in [5, 5.41) is 13.5. The lowest BCUT2D eigenvalue weighted by Crippen LogP contribution is -2.21. The molecule has 0 aliphatic rings. The van der Waals surface area contributed by atoms with Crippen LogP contribution in [0, 0.1) is 11.3 Å². The molecule has 1 heterocycles. The average molecular weight is 400 g/mol. The van der Waals surface area contributed by atoms with Gasteiger partial charge in [-0.1, -0.05) is 68.4 Å². The molecule has 0 aliphatic carbocycles. The van der Waals surface area contributed by atoms with Crippen LogP contribution in [0.2, 0.25) is 0 Å². The summed E-state index contributed by atoms with van der Waals surface area (Å²) >= 11 is 0. The molecule has 2 N–H and O–H groups in total. The Labute approximate surface area is 175 Å². The zero-order valence-electron chi connectivity index (χ0n) is 17.1. The molecule has 0 aliphatic heterocycles. The minimum Gasteiger partial charge on any atom is -0.300 e. The third-order valence-corrected chi connectivity index (χ3v) is 4.74. The van der Waals surface area contributed by atoms with Crippen molar-refractivity contribution in [3.8, 4) is 17.3 Å². The van der Waals surface area contributed by atoms with Gasteiger partial charge >= 0.3 is 0 Å². The van der Waals surface area contributed by atoms with E-state index in [0.29, 0.717) is 11.3 Å². The monoisotopic (exact) mass is 400 g/mol. The van der Waals surface area contributed by atoms with Crippen LogP contribution in [-0.4, -0.2) is 34.2 Å². The molecule has 0 saturated carbocycles. The van der Waals surface area contributed by atoms with Crippen LogP contribution in [0.3, 0.4) is 0 Å². The van der Waals surface area contributed by atoms with E-state index in [1.165, 1.54) is 5.56 Å². The molecule has 0 atom stereocenters. The van der Waals surface area contributed by atoms with Crippen LogP contribution < -0.4 is 11.0 Å². The predicted molar refractivity (Wildman–Crippen MR) is 119 cm³/mol. The molecule has 0 spiro atoms. The van der Waals surface area contributed by atoms with Crippen molar-refractivity contribution < 1.29 is 0 Å². The quantitative estimate of drug-likeness (QED) is 0.445. The Morgan fingerprint density at radius 2 is 1.83 bits per heavy atom. The highest BCUT2D eigenvalue weighted by atomic mass is 16.1. The minimum atomic E-state index is -0.509. The standard InChI is InChI=1S/C23H24N6O/c1-3-29(4-2)16-18-12-10-17(11-13-18)15-25-28-23-26-21(19-8-6-5-7-9-19)20(14-24)22(30)27-23/h5-13,15H,3-4,16H2,1-2H3,(H2,26,27,28,30). The third kappa shape index (κ3) is 5.19. The highest BCUT2D eigenvalue weighted by Crippen LogP contribution is 2.19. The van der Waals surface area contributed by atoms with Crippen molar-refractivity contribution in [3.05, 3.63) is 81.6 Å². The Morgan fingerprint density at radius 3 is 2.47 bits per heavy atom. The largest absolute Gasteiger partial charge is 0.300 e. The van der Waals surface area contributed by atoms with E-state index in [0.717, 1.165) is 25.2 Å². The van der Waals surface area contributed by atoms with Gasteiger partial charge in [-0.15, -0.1) is 0 Å². The van der Waals surface area contributed by atoms with Gasteiger partial charge in [0.25, 0.3) is 5.56 Å². The van der Waals surface area contributed by atoms with Crippen molar-refractivity contribution in [2.75, 3.05) is 18.5 Å². The number of nitrogens with one attached hydrogen (secondary N) is 2. The number of aromatic amines is 1. The van der Waals surface area contributed by atoms with E-state index in [-0.39, 0.29) is 11.5 Å². The molecule has 7 nitrogen and oxygen atoms in total. The van der Waals surface area contributed by atoms with Gasteiger partial charge in [0.05, 0.1) is 11.9 Å². The van der Waals surface area contributed by atoms with Crippen LogP contribution >= 0.6 is 0 Å². The summed E-state index contributed by atoms with van der Waals surface area (Å²) < 4.78 is 0. The number of H-pyrrole nitrogens is 1. The zero-order valence-corrected chi connectivity index (χ0v) is 17.1. The topological polar surface area (TPSA) is 97.2 Å². The molecule has 152 valence electrons. The molecular weight excluding hydrogens is 376 g/mol. The molecule has 0 bridgehead atoms. The Kier molecular flexibility index (Phi) is 7.09. The minimum absolute atomic E-state index is 0.0282. The van der Waals surface area contributed by atoms with Crippen molar-refractivity contribution in [2.45, 2.75) is 20.4 Å². The summed E-state index contributed by atoms with van der Waals surface area (Å²) in [7, 11) is 0. The number of nitriles is 1. The number of nitrogens with zero attached hydrogens (tertiary/aromatic N) is 4. The van der Waals surface area contributed by atoms with E-state index in [1.54, 1.807) is 18.3 Å². The molecule has 0 fully saturated rings. The van der Waals surface area contributed by atoms with Crippen molar-refractivity contribution in [1.29, 1.82) is 5.26 Å². The van der Waals surface area contributed by atoms with E-state index in [9.17, 15) is 10.1 Å². The van der Waals surface area contributed by atoms with Crippen molar-refractivity contribution in [2.24, 2.45) is 5.10 Å². The number of aromatic nitrogens is 2. The summed E-state index contributed by atoms with van der Waals surface area (Å²) in [4.78, 5) is 21.5. The molecule has 0 radical (unpaired) electrons. The van der Waals surface area contributed by atoms with Gasteiger partial charge in [-0.05, 0) is 24.2 Å². The Hall–Kier alpha value is -3.76. The second-order valence-electron chi connectivity index (χ2n) is 6.69. The highest BCUT2D eigenvalue weighted by Gasteiger charge is 2.12. The number of anilines is 1. The number of benzene rings is 2. The van der Waals surface area contributed by atoms with Gasteiger partial charge in [0.15, 0.2) is 0 Å². The van der Waals surface area contributed by atoms with Gasteiger partial charge in [0.2, 0.25) is 5.95 Å². The van der Waals surface area contributed by atoms with Crippen LogP contribution in [0.4, 0.5) is 5.95 Å². The fourth-order valence-corrected chi connectivity index (χ4v) is 3.02. The molecule has 7 heteroatoms. The zero-order chi connectivity index (χ0) is 21.3. The first-order valence-electron chi connectivity index (χ1n) is 9.84. The summed E-state index contributed by atoms with van der Waals surface area (Å²) in [5.74, 6) is 0.173. The van der Waals surface area contributed by atoms with Crippen LogP contribution in [0.5, 0.6) is 0 Å². The highest BCUT2D eigenvalue weighted by molar-refractivity contribution is 5.80. The maximum Gasteiger partial charge on any atom is 0.270 e. The van der Waals surface area contributed by atoms with E-state index in [2.05, 4.69) is 51.4 Å². The van der Waals surface area contributed by atoms with E-state index < -0.39 is 5.56 Å². The lowest BCUT2D eigenvalue weighted by atomic mass is 10.1. The normalized spacial score (nSPS) is 11.0. The van der Waals surface area contributed by atoms with Crippen molar-refractivity contribution >= 4 is 12.2 Å². The van der Waals surface area contributed by atoms with Crippen molar-refractivity contribution in [3.63, 3.8) is 0 Å². The predicted octanol–water partition coefficient (Wildman–Crippen LogP) is 3.60. The molecule has 0 saturated heterocycles. The first-order valence-corrected chi connectivity index (χ1v) is 9.84. The second kappa shape index (κ2) is 10.1. The molecule has 0 amide bonds. The van der Waals surface area contributed by atoms with Gasteiger partial charge in [0.1, 0.15) is 11.6 Å². The number of hydrogen-bond donors (Lipinski definition) is 2. The van der Waals surface area contributed by atoms with Gasteiger partial charge in [0, 0.05) is 12.1 Å². The second-order valence-corrected chi connectivity index (χ2v) is 6.69. The van der Waals surface area contributed by atoms with E-state index >= 15 is 0 Å². The SMILES string of the molecule is CCN(CC)Cc1ccc(C=NNc2nc(-c3ccccc3)c(C#N)c(=O)[nH]2)cc1. The molecular formula is C23H24N6O. The molecule has 30 heavy (non-hydrogen) atoms. The number of hydrogen-bond acceptors (Lipinski definition) is 6. The van der Waals surface area contributed by atoms with Crippen LogP contribution in [0.25, 0.3) is 11.3 Å². The maximum atomic E-state index is 12.3. The van der Waals surface area contributed by atoms with Crippen LogP contribution in [0.15, 0.2) is 64.5 Å². The number of hydrazone groups is 1. The molecule has 3 rings (SSSR count).